The number of anilines is 1. The normalized spacial score (nSPS) is 12.1. The van der Waals surface area contributed by atoms with Crippen LogP contribution in [0.4, 0.5) is 5.69 Å². The van der Waals surface area contributed by atoms with Crippen LogP contribution in [0, 0.1) is 0 Å². The lowest BCUT2D eigenvalue weighted by atomic mass is 10.1. The second-order valence-corrected chi connectivity index (χ2v) is 7.74. The summed E-state index contributed by atoms with van der Waals surface area (Å²) in [6, 6.07) is 6.91. The minimum Gasteiger partial charge on any atom is -0.496 e. The fourth-order valence-electron chi connectivity index (χ4n) is 3.49. The van der Waals surface area contributed by atoms with Crippen LogP contribution in [0.1, 0.15) is 30.1 Å². The largest absolute Gasteiger partial charge is 0.496 e. The first-order valence-corrected chi connectivity index (χ1v) is 10.6. The molecule has 0 aliphatic rings. The summed E-state index contributed by atoms with van der Waals surface area (Å²) in [4.78, 5) is 17.3. The first-order chi connectivity index (χ1) is 15.5. The predicted octanol–water partition coefficient (Wildman–Crippen LogP) is 3.67. The molecular weight excluding hydrogens is 432 g/mol. The van der Waals surface area contributed by atoms with Gasteiger partial charge in [0, 0.05) is 29.2 Å². The Bertz CT molecular complexity index is 1250. The molecule has 32 heavy (non-hydrogen) atoms. The number of rotatable bonds is 8. The maximum absolute atomic E-state index is 13.1. The summed E-state index contributed by atoms with van der Waals surface area (Å²) in [6.07, 6.45) is 7.41. The molecule has 9 nitrogen and oxygen atoms in total. The number of hydrogen-bond acceptors (Lipinski definition) is 6. The summed E-state index contributed by atoms with van der Waals surface area (Å²) in [5, 5.41) is 22.4. The molecule has 2 N–H and O–H groups in total. The number of carbonyl (C=O) groups is 1. The highest BCUT2D eigenvalue weighted by Crippen LogP contribution is 2.36. The molecule has 0 radical (unpaired) electrons. The Balaban J connectivity index is 1.73. The first kappa shape index (κ1) is 21.8. The summed E-state index contributed by atoms with van der Waals surface area (Å²) >= 11 is 6.22. The van der Waals surface area contributed by atoms with Gasteiger partial charge in [-0.3, -0.25) is 9.48 Å². The van der Waals surface area contributed by atoms with Crippen molar-refractivity contribution in [1.29, 1.82) is 0 Å². The van der Waals surface area contributed by atoms with E-state index in [1.807, 2.05) is 6.92 Å². The maximum Gasteiger partial charge on any atom is 0.261 e. The Morgan fingerprint density at radius 2 is 2.22 bits per heavy atom. The molecule has 3 heterocycles. The molecule has 3 aromatic heterocycles. The van der Waals surface area contributed by atoms with Crippen LogP contribution < -0.4 is 10.1 Å². The van der Waals surface area contributed by atoms with Crippen molar-refractivity contribution in [3.63, 3.8) is 0 Å². The zero-order chi connectivity index (χ0) is 22.7. The smallest absolute Gasteiger partial charge is 0.261 e. The van der Waals surface area contributed by atoms with Gasteiger partial charge in [0.2, 0.25) is 0 Å². The molecule has 0 saturated heterocycles. The highest BCUT2D eigenvalue weighted by molar-refractivity contribution is 6.31. The van der Waals surface area contributed by atoms with Crippen molar-refractivity contribution >= 4 is 28.8 Å². The van der Waals surface area contributed by atoms with Gasteiger partial charge >= 0.3 is 0 Å². The van der Waals surface area contributed by atoms with Crippen LogP contribution in [0.5, 0.6) is 5.75 Å². The van der Waals surface area contributed by atoms with Crippen molar-refractivity contribution in [2.45, 2.75) is 32.4 Å². The van der Waals surface area contributed by atoms with Crippen molar-refractivity contribution in [1.82, 2.24) is 24.4 Å². The Morgan fingerprint density at radius 1 is 1.38 bits per heavy atom. The standard InChI is InChI=1S/C22H23ClN6O3/c1-3-5-15(30)12-28-13-18(20(27-28)16-10-14(23)6-7-19(16)32-2)26-22(31)17-11-25-29-9-4-8-24-21(17)29/h4,6-11,13,15,30H,3,5,12H2,1-2H3,(H,26,31)/t15-/m0/s1. The minimum absolute atomic E-state index is 0.290. The number of aliphatic hydroxyl groups excluding tert-OH is 1. The molecule has 10 heteroatoms. The van der Waals surface area contributed by atoms with Gasteiger partial charge < -0.3 is 15.2 Å². The van der Waals surface area contributed by atoms with Gasteiger partial charge in [-0.1, -0.05) is 24.9 Å². The summed E-state index contributed by atoms with van der Waals surface area (Å²) in [5.74, 6) is 0.177. The maximum atomic E-state index is 13.1. The van der Waals surface area contributed by atoms with Crippen molar-refractivity contribution in [2.24, 2.45) is 0 Å². The third kappa shape index (κ3) is 4.44. The Kier molecular flexibility index (Phi) is 6.38. The van der Waals surface area contributed by atoms with Crippen molar-refractivity contribution in [3.8, 4) is 17.0 Å². The van der Waals surface area contributed by atoms with Gasteiger partial charge in [-0.05, 0) is 30.7 Å². The van der Waals surface area contributed by atoms with Gasteiger partial charge in [0.1, 0.15) is 17.0 Å². The van der Waals surface area contributed by atoms with Gasteiger partial charge in [0.25, 0.3) is 5.91 Å². The van der Waals surface area contributed by atoms with Gasteiger partial charge in [-0.25, -0.2) is 9.50 Å². The number of ether oxygens (including phenoxy) is 1. The second kappa shape index (κ2) is 9.37. The van der Waals surface area contributed by atoms with E-state index < -0.39 is 6.10 Å². The lowest BCUT2D eigenvalue weighted by molar-refractivity contribution is 0.102. The number of amides is 1. The molecule has 1 aromatic carbocycles. The lowest BCUT2D eigenvalue weighted by Gasteiger charge is -2.10. The number of nitrogens with zero attached hydrogens (tertiary/aromatic N) is 5. The number of aromatic nitrogens is 5. The van der Waals surface area contributed by atoms with E-state index in [4.69, 9.17) is 16.3 Å². The molecule has 0 fully saturated rings. The van der Waals surface area contributed by atoms with E-state index in [-0.39, 0.29) is 12.5 Å². The van der Waals surface area contributed by atoms with Crippen LogP contribution in [-0.4, -0.2) is 48.6 Å². The Labute approximate surface area is 189 Å². The number of aliphatic hydroxyl groups is 1. The monoisotopic (exact) mass is 454 g/mol. The van der Waals surface area contributed by atoms with E-state index in [9.17, 15) is 9.90 Å². The molecule has 0 unspecified atom stereocenters. The van der Waals surface area contributed by atoms with Gasteiger partial charge in [-0.2, -0.15) is 10.2 Å². The second-order valence-electron chi connectivity index (χ2n) is 7.30. The summed E-state index contributed by atoms with van der Waals surface area (Å²) < 4.78 is 8.62. The average Bonchev–Trinajstić information content (AvgIpc) is 3.38. The van der Waals surface area contributed by atoms with Gasteiger partial charge in [0.15, 0.2) is 5.65 Å². The minimum atomic E-state index is -0.554. The molecule has 4 aromatic rings. The van der Waals surface area contributed by atoms with Crippen LogP contribution in [0.3, 0.4) is 0 Å². The molecular formula is C22H23ClN6O3. The van der Waals surface area contributed by atoms with Gasteiger partial charge in [0.05, 0.1) is 31.6 Å². The van der Waals surface area contributed by atoms with E-state index >= 15 is 0 Å². The predicted molar refractivity (Wildman–Crippen MR) is 121 cm³/mol. The molecule has 1 atom stereocenters. The van der Waals surface area contributed by atoms with Crippen LogP contribution in [0.15, 0.2) is 49.1 Å². The van der Waals surface area contributed by atoms with Crippen LogP contribution in [0.25, 0.3) is 16.9 Å². The number of hydrogen-bond donors (Lipinski definition) is 2. The number of halogens is 1. The van der Waals surface area contributed by atoms with Crippen molar-refractivity contribution < 1.29 is 14.6 Å². The average molecular weight is 455 g/mol. The molecule has 0 aliphatic carbocycles. The topological polar surface area (TPSA) is 107 Å². The molecule has 0 aliphatic heterocycles. The van der Waals surface area contributed by atoms with Crippen LogP contribution in [0.2, 0.25) is 5.02 Å². The van der Waals surface area contributed by atoms with Gasteiger partial charge in [-0.15, -0.1) is 0 Å². The zero-order valence-corrected chi connectivity index (χ0v) is 18.5. The quantitative estimate of drug-likeness (QED) is 0.420. The molecule has 1 amide bonds. The van der Waals surface area contributed by atoms with Crippen molar-refractivity contribution in [3.05, 3.63) is 59.6 Å². The summed E-state index contributed by atoms with van der Waals surface area (Å²) in [6.45, 7) is 2.29. The Hall–Kier alpha value is -3.43. The molecule has 4 rings (SSSR count). The van der Waals surface area contributed by atoms with E-state index in [1.165, 1.54) is 10.7 Å². The lowest BCUT2D eigenvalue weighted by Crippen LogP contribution is -2.16. The highest BCUT2D eigenvalue weighted by atomic mass is 35.5. The van der Waals surface area contributed by atoms with Crippen molar-refractivity contribution in [2.75, 3.05) is 12.4 Å². The fourth-order valence-corrected chi connectivity index (χ4v) is 3.66. The molecule has 166 valence electrons. The van der Waals surface area contributed by atoms with E-state index in [0.29, 0.717) is 45.3 Å². The number of fused-ring (bicyclic) bond motifs is 1. The summed E-state index contributed by atoms with van der Waals surface area (Å²) in [7, 11) is 1.55. The summed E-state index contributed by atoms with van der Waals surface area (Å²) in [5.41, 5.74) is 2.32. The highest BCUT2D eigenvalue weighted by Gasteiger charge is 2.21. The SMILES string of the molecule is CCC[C@H](O)Cn1cc(NC(=O)c2cnn3cccnc23)c(-c2cc(Cl)ccc2OC)n1. The number of benzene rings is 1. The number of nitrogens with one attached hydrogen (secondary N) is 1. The Morgan fingerprint density at radius 3 is 3.00 bits per heavy atom. The first-order valence-electron chi connectivity index (χ1n) is 10.2. The van der Waals surface area contributed by atoms with Crippen LogP contribution >= 0.6 is 11.6 Å². The van der Waals surface area contributed by atoms with E-state index in [1.54, 1.807) is 54.6 Å². The van der Waals surface area contributed by atoms with E-state index in [0.717, 1.165) is 6.42 Å². The molecule has 0 saturated carbocycles. The molecule has 0 bridgehead atoms. The number of methoxy groups -OCH3 is 1. The van der Waals surface area contributed by atoms with Crippen LogP contribution in [-0.2, 0) is 6.54 Å². The third-order valence-corrected chi connectivity index (χ3v) is 5.21. The fraction of sp³-hybridized carbons (Fsp3) is 0.273. The zero-order valence-electron chi connectivity index (χ0n) is 17.7. The molecule has 0 spiro atoms. The third-order valence-electron chi connectivity index (χ3n) is 4.97. The van der Waals surface area contributed by atoms with E-state index in [2.05, 4.69) is 20.5 Å². The number of carbonyl (C=O) groups excluding carboxylic acids is 1.